The molecule has 4 N–H and O–H groups in total. The smallest absolute Gasteiger partial charge is 0.408 e. The minimum atomic E-state index is -1.88. The van der Waals surface area contributed by atoms with Crippen molar-refractivity contribution >= 4 is 12.1 Å². The van der Waals surface area contributed by atoms with E-state index in [1.807, 2.05) is 6.07 Å². The van der Waals surface area contributed by atoms with Crippen LogP contribution in [-0.4, -0.2) is 22.8 Å². The lowest BCUT2D eigenvalue weighted by molar-refractivity contribution is -0.146. The summed E-state index contributed by atoms with van der Waals surface area (Å²) in [5, 5.41) is 12.6. The molecule has 2 atom stereocenters. The fourth-order valence-corrected chi connectivity index (χ4v) is 2.72. The van der Waals surface area contributed by atoms with Gasteiger partial charge in [0.15, 0.2) is 5.54 Å². The van der Waals surface area contributed by atoms with E-state index in [9.17, 15) is 14.7 Å². The van der Waals surface area contributed by atoms with Crippen molar-refractivity contribution in [1.29, 1.82) is 0 Å². The lowest BCUT2D eigenvalue weighted by Crippen LogP contribution is -2.58. The van der Waals surface area contributed by atoms with Gasteiger partial charge in [-0.15, -0.1) is 0 Å². The highest BCUT2D eigenvalue weighted by Gasteiger charge is 2.49. The molecule has 0 radical (unpaired) electrons. The number of ether oxygens (including phenoxy) is 1. The molecule has 0 aliphatic heterocycles. The molecule has 2 unspecified atom stereocenters. The summed E-state index contributed by atoms with van der Waals surface area (Å²) in [6.07, 6.45) is -0.852. The molecule has 0 fully saturated rings. The third-order valence-corrected chi connectivity index (χ3v) is 3.89. The lowest BCUT2D eigenvalue weighted by atomic mass is 9.79. The van der Waals surface area contributed by atoms with E-state index >= 15 is 0 Å². The summed E-state index contributed by atoms with van der Waals surface area (Å²) in [6.45, 7) is 5.11. The molecule has 1 amide bonds. The summed E-state index contributed by atoms with van der Waals surface area (Å²) in [7, 11) is 0. The molecule has 0 saturated carbocycles. The maximum Gasteiger partial charge on any atom is 0.408 e. The standard InChI is InChI=1S/C20H24N2O4/c1-19(2,3)26-18(25)22-20(17(23)24,15-12-8-5-9-13-15)16(21)14-10-6-4-7-11-14/h4-13,16H,21H2,1-3H3,(H,22,25)(H,23,24). The zero-order chi connectivity index (χ0) is 19.4. The third-order valence-electron chi connectivity index (χ3n) is 3.89. The van der Waals surface area contributed by atoms with Crippen molar-refractivity contribution in [2.45, 2.75) is 38.0 Å². The Morgan fingerprint density at radius 3 is 1.96 bits per heavy atom. The number of alkyl carbamates (subject to hydrolysis) is 1. The Balaban J connectivity index is 2.55. The Morgan fingerprint density at radius 2 is 1.50 bits per heavy atom. The van der Waals surface area contributed by atoms with Gasteiger partial charge in [-0.3, -0.25) is 5.32 Å². The molecule has 2 rings (SSSR count). The Bertz CT molecular complexity index is 756. The number of aliphatic carboxylic acids is 1. The highest BCUT2D eigenvalue weighted by Crippen LogP contribution is 2.34. The molecule has 0 saturated heterocycles. The third kappa shape index (κ3) is 4.21. The Kier molecular flexibility index (Phi) is 5.67. The van der Waals surface area contributed by atoms with Crippen molar-refractivity contribution in [2.75, 3.05) is 0 Å². The number of amides is 1. The van der Waals surface area contributed by atoms with E-state index in [1.165, 1.54) is 0 Å². The maximum absolute atomic E-state index is 12.4. The Hall–Kier alpha value is -2.86. The average molecular weight is 356 g/mol. The second kappa shape index (κ2) is 7.58. The summed E-state index contributed by atoms with van der Waals surface area (Å²) in [6, 6.07) is 16.1. The molecular formula is C20H24N2O4. The molecule has 2 aromatic carbocycles. The number of nitrogens with one attached hydrogen (secondary N) is 1. The van der Waals surface area contributed by atoms with Crippen LogP contribution in [0.15, 0.2) is 60.7 Å². The van der Waals surface area contributed by atoms with E-state index < -0.39 is 29.2 Å². The van der Waals surface area contributed by atoms with Gasteiger partial charge in [-0.2, -0.15) is 0 Å². The maximum atomic E-state index is 12.4. The second-order valence-corrected chi connectivity index (χ2v) is 6.99. The summed E-state index contributed by atoms with van der Waals surface area (Å²) in [4.78, 5) is 24.8. The minimum absolute atomic E-state index is 0.356. The highest BCUT2D eigenvalue weighted by atomic mass is 16.6. The van der Waals surface area contributed by atoms with Gasteiger partial charge in [-0.25, -0.2) is 9.59 Å². The van der Waals surface area contributed by atoms with Crippen molar-refractivity contribution in [3.8, 4) is 0 Å². The fourth-order valence-electron chi connectivity index (χ4n) is 2.72. The van der Waals surface area contributed by atoms with E-state index in [4.69, 9.17) is 10.5 Å². The molecule has 0 aliphatic rings. The number of benzene rings is 2. The summed E-state index contributed by atoms with van der Waals surface area (Å²) >= 11 is 0. The van der Waals surface area contributed by atoms with E-state index in [0.29, 0.717) is 11.1 Å². The van der Waals surface area contributed by atoms with E-state index in [0.717, 1.165) is 0 Å². The second-order valence-electron chi connectivity index (χ2n) is 6.99. The molecular weight excluding hydrogens is 332 g/mol. The molecule has 6 heteroatoms. The summed E-state index contributed by atoms with van der Waals surface area (Å²) in [5.41, 5.74) is 4.64. The largest absolute Gasteiger partial charge is 0.479 e. The van der Waals surface area contributed by atoms with Crippen LogP contribution in [0.5, 0.6) is 0 Å². The van der Waals surface area contributed by atoms with Gasteiger partial charge >= 0.3 is 12.1 Å². The van der Waals surface area contributed by atoms with Crippen LogP contribution in [0.1, 0.15) is 37.9 Å². The number of nitrogens with two attached hydrogens (primary N) is 1. The molecule has 0 heterocycles. The average Bonchev–Trinajstić information content (AvgIpc) is 2.59. The van der Waals surface area contributed by atoms with Gasteiger partial charge in [0.25, 0.3) is 0 Å². The fraction of sp³-hybridized carbons (Fsp3) is 0.300. The zero-order valence-corrected chi connectivity index (χ0v) is 15.1. The number of rotatable bonds is 5. The topological polar surface area (TPSA) is 102 Å². The highest BCUT2D eigenvalue weighted by molar-refractivity contribution is 5.87. The molecule has 6 nitrogen and oxygen atoms in total. The van der Waals surface area contributed by atoms with Gasteiger partial charge in [0, 0.05) is 0 Å². The molecule has 138 valence electrons. The van der Waals surface area contributed by atoms with Crippen LogP contribution in [-0.2, 0) is 15.1 Å². The quantitative estimate of drug-likeness (QED) is 0.764. The zero-order valence-electron chi connectivity index (χ0n) is 15.1. The van der Waals surface area contributed by atoms with Crippen LogP contribution in [0.25, 0.3) is 0 Å². The summed E-state index contributed by atoms with van der Waals surface area (Å²) in [5.74, 6) is -1.27. The Morgan fingerprint density at radius 1 is 1.00 bits per heavy atom. The van der Waals surface area contributed by atoms with Gasteiger partial charge in [0.2, 0.25) is 0 Å². The number of carboxylic acids is 1. The number of carbonyl (C=O) groups excluding carboxylic acids is 1. The van der Waals surface area contributed by atoms with Crippen LogP contribution >= 0.6 is 0 Å². The normalized spacial score (nSPS) is 14.8. The predicted octanol–water partition coefficient (Wildman–Crippen LogP) is 3.19. The first kappa shape index (κ1) is 19.5. The van der Waals surface area contributed by atoms with Crippen LogP contribution in [0.4, 0.5) is 4.79 Å². The van der Waals surface area contributed by atoms with E-state index in [1.54, 1.807) is 75.4 Å². The molecule has 0 aliphatic carbocycles. The van der Waals surface area contributed by atoms with Crippen LogP contribution in [0, 0.1) is 0 Å². The lowest BCUT2D eigenvalue weighted by Gasteiger charge is -2.37. The molecule has 0 spiro atoms. The molecule has 0 bridgehead atoms. The number of hydrogen-bond acceptors (Lipinski definition) is 4. The van der Waals surface area contributed by atoms with Crippen molar-refractivity contribution in [3.63, 3.8) is 0 Å². The summed E-state index contributed by atoms with van der Waals surface area (Å²) < 4.78 is 5.28. The van der Waals surface area contributed by atoms with Gasteiger partial charge < -0.3 is 15.6 Å². The predicted molar refractivity (Wildman–Crippen MR) is 98.5 cm³/mol. The van der Waals surface area contributed by atoms with Crippen LogP contribution in [0.3, 0.4) is 0 Å². The van der Waals surface area contributed by atoms with Crippen molar-refractivity contribution in [2.24, 2.45) is 5.73 Å². The van der Waals surface area contributed by atoms with Crippen molar-refractivity contribution in [1.82, 2.24) is 5.32 Å². The van der Waals surface area contributed by atoms with E-state index in [-0.39, 0.29) is 0 Å². The Labute approximate surface area is 153 Å². The first-order valence-corrected chi connectivity index (χ1v) is 8.27. The molecule has 26 heavy (non-hydrogen) atoms. The van der Waals surface area contributed by atoms with Gasteiger partial charge in [-0.05, 0) is 31.9 Å². The van der Waals surface area contributed by atoms with Crippen molar-refractivity contribution in [3.05, 3.63) is 71.8 Å². The first-order valence-electron chi connectivity index (χ1n) is 8.27. The van der Waals surface area contributed by atoms with Gasteiger partial charge in [0.1, 0.15) is 5.60 Å². The monoisotopic (exact) mass is 356 g/mol. The number of carboxylic acid groups (broad SMARTS) is 1. The van der Waals surface area contributed by atoms with E-state index in [2.05, 4.69) is 5.32 Å². The minimum Gasteiger partial charge on any atom is -0.479 e. The molecule has 0 aromatic heterocycles. The van der Waals surface area contributed by atoms with Crippen LogP contribution in [0.2, 0.25) is 0 Å². The first-order chi connectivity index (χ1) is 12.2. The molecule has 2 aromatic rings. The number of hydrogen-bond donors (Lipinski definition) is 3. The van der Waals surface area contributed by atoms with Gasteiger partial charge in [-0.1, -0.05) is 60.7 Å². The van der Waals surface area contributed by atoms with Crippen LogP contribution < -0.4 is 11.1 Å². The van der Waals surface area contributed by atoms with Crippen molar-refractivity contribution < 1.29 is 19.4 Å². The van der Waals surface area contributed by atoms with Gasteiger partial charge in [0.05, 0.1) is 6.04 Å². The number of carbonyl (C=O) groups is 2. The SMILES string of the molecule is CC(C)(C)OC(=O)NC(C(=O)O)(c1ccccc1)C(N)c1ccccc1.